The highest BCUT2D eigenvalue weighted by atomic mass is 16.5. The third-order valence-electron chi connectivity index (χ3n) is 3.65. The van der Waals surface area contributed by atoms with Crippen molar-refractivity contribution in [1.82, 2.24) is 10.6 Å². The minimum atomic E-state index is -0.680. The Bertz CT molecular complexity index is 564. The normalized spacial score (nSPS) is 14.3. The maximum absolute atomic E-state index is 11.7. The lowest BCUT2D eigenvalue weighted by Crippen LogP contribution is -2.44. The molecule has 2 rings (SSSR count). The van der Waals surface area contributed by atoms with Crippen LogP contribution in [0.5, 0.6) is 0 Å². The van der Waals surface area contributed by atoms with E-state index in [0.717, 1.165) is 25.7 Å². The molecule has 1 aromatic rings. The highest BCUT2D eigenvalue weighted by molar-refractivity contribution is 5.97. The molecule has 3 amide bonds. The van der Waals surface area contributed by atoms with Gasteiger partial charge in [-0.15, -0.1) is 0 Å². The fourth-order valence-electron chi connectivity index (χ4n) is 2.42. The molecule has 7 heteroatoms. The van der Waals surface area contributed by atoms with Crippen LogP contribution < -0.4 is 10.6 Å². The van der Waals surface area contributed by atoms with Crippen LogP contribution in [0.25, 0.3) is 0 Å². The van der Waals surface area contributed by atoms with Crippen LogP contribution in [0.1, 0.15) is 41.6 Å². The first-order valence-corrected chi connectivity index (χ1v) is 7.56. The molecule has 0 spiro atoms. The van der Waals surface area contributed by atoms with Crippen LogP contribution >= 0.6 is 0 Å². The summed E-state index contributed by atoms with van der Waals surface area (Å²) in [6, 6.07) is 5.72. The fourth-order valence-corrected chi connectivity index (χ4v) is 2.42. The Morgan fingerprint density at radius 2 is 1.78 bits per heavy atom. The van der Waals surface area contributed by atoms with E-state index >= 15 is 0 Å². The molecule has 0 atom stereocenters. The molecule has 23 heavy (non-hydrogen) atoms. The monoisotopic (exact) mass is 320 g/mol. The van der Waals surface area contributed by atoms with Gasteiger partial charge in [0.1, 0.15) is 0 Å². The van der Waals surface area contributed by atoms with Crippen molar-refractivity contribution < 1.29 is 24.2 Å². The molecule has 7 nitrogen and oxygen atoms in total. The number of benzene rings is 1. The van der Waals surface area contributed by atoms with Gasteiger partial charge < -0.3 is 15.2 Å². The fraction of sp³-hybridized carbons (Fsp3) is 0.438. The van der Waals surface area contributed by atoms with Gasteiger partial charge in [-0.05, 0) is 30.5 Å². The zero-order chi connectivity index (χ0) is 16.7. The molecule has 124 valence electrons. The lowest BCUT2D eigenvalue weighted by Gasteiger charge is -2.12. The van der Waals surface area contributed by atoms with E-state index in [0.29, 0.717) is 5.56 Å². The maximum atomic E-state index is 11.7. The minimum absolute atomic E-state index is 0.107. The predicted molar refractivity (Wildman–Crippen MR) is 81.6 cm³/mol. The highest BCUT2D eigenvalue weighted by Crippen LogP contribution is 2.17. The van der Waals surface area contributed by atoms with Gasteiger partial charge >= 0.3 is 12.0 Å². The summed E-state index contributed by atoms with van der Waals surface area (Å²) in [6.07, 6.45) is 3.98. The average molecular weight is 320 g/mol. The van der Waals surface area contributed by atoms with E-state index in [-0.39, 0.29) is 18.2 Å². The van der Waals surface area contributed by atoms with E-state index in [1.165, 1.54) is 12.1 Å². The van der Waals surface area contributed by atoms with Crippen LogP contribution in [0.4, 0.5) is 4.79 Å². The van der Waals surface area contributed by atoms with E-state index in [4.69, 9.17) is 9.84 Å². The van der Waals surface area contributed by atoms with E-state index < -0.39 is 24.5 Å². The maximum Gasteiger partial charge on any atom is 0.338 e. The lowest BCUT2D eigenvalue weighted by atomic mass is 10.1. The molecule has 1 saturated carbocycles. The predicted octanol–water partition coefficient (Wildman–Crippen LogP) is 1.10. The van der Waals surface area contributed by atoms with Crippen molar-refractivity contribution in [2.75, 3.05) is 6.61 Å². The van der Waals surface area contributed by atoms with Crippen molar-refractivity contribution in [1.29, 1.82) is 0 Å². The van der Waals surface area contributed by atoms with Crippen LogP contribution in [0.15, 0.2) is 24.3 Å². The molecule has 0 bridgehead atoms. The summed E-state index contributed by atoms with van der Waals surface area (Å²) in [7, 11) is 0. The average Bonchev–Trinajstić information content (AvgIpc) is 3.05. The van der Waals surface area contributed by atoms with Gasteiger partial charge in [-0.3, -0.25) is 10.1 Å². The first-order chi connectivity index (χ1) is 11.1. The summed E-state index contributed by atoms with van der Waals surface area (Å²) < 4.78 is 4.84. The number of ether oxygens (including phenoxy) is 1. The molecule has 1 aliphatic rings. The second kappa shape index (κ2) is 8.28. The Kier molecular flexibility index (Phi) is 6.10. The Balaban J connectivity index is 1.72. The quantitative estimate of drug-likeness (QED) is 0.705. The van der Waals surface area contributed by atoms with Gasteiger partial charge in [0, 0.05) is 6.04 Å². The molecule has 0 heterocycles. The van der Waals surface area contributed by atoms with Gasteiger partial charge in [0.2, 0.25) is 0 Å². The number of hydrogen-bond donors (Lipinski definition) is 3. The number of aliphatic hydroxyl groups excluding tert-OH is 1. The summed E-state index contributed by atoms with van der Waals surface area (Å²) >= 11 is 0. The number of esters is 1. The molecule has 0 radical (unpaired) electrons. The number of urea groups is 1. The molecule has 0 unspecified atom stereocenters. The van der Waals surface area contributed by atoms with E-state index in [9.17, 15) is 14.4 Å². The van der Waals surface area contributed by atoms with Gasteiger partial charge in [-0.1, -0.05) is 25.0 Å². The Hall–Kier alpha value is -2.41. The Morgan fingerprint density at radius 3 is 2.39 bits per heavy atom. The van der Waals surface area contributed by atoms with Crippen molar-refractivity contribution >= 4 is 17.9 Å². The second-order valence-electron chi connectivity index (χ2n) is 5.43. The van der Waals surface area contributed by atoms with E-state index in [2.05, 4.69) is 10.6 Å². The van der Waals surface area contributed by atoms with Crippen LogP contribution in [0.2, 0.25) is 0 Å². The third-order valence-corrected chi connectivity index (χ3v) is 3.65. The number of imide groups is 1. The molecular formula is C16H20N2O5. The Labute approximate surface area is 134 Å². The number of nitrogens with one attached hydrogen (secondary N) is 2. The third kappa shape index (κ3) is 5.37. The number of amides is 3. The first kappa shape index (κ1) is 17.0. The van der Waals surface area contributed by atoms with Crippen LogP contribution in [0.3, 0.4) is 0 Å². The number of rotatable bonds is 5. The SMILES string of the molecule is O=C(COC(=O)c1ccc(CO)cc1)NC(=O)NC1CCCC1. The summed E-state index contributed by atoms with van der Waals surface area (Å²) in [5.74, 6) is -1.35. The van der Waals surface area contributed by atoms with E-state index in [1.54, 1.807) is 12.1 Å². The molecule has 0 saturated heterocycles. The number of carbonyl (C=O) groups excluding carboxylic acids is 3. The summed E-state index contributed by atoms with van der Waals surface area (Å²) in [5, 5.41) is 13.8. The van der Waals surface area contributed by atoms with Crippen molar-refractivity contribution in [3.8, 4) is 0 Å². The van der Waals surface area contributed by atoms with Crippen molar-refractivity contribution in [2.24, 2.45) is 0 Å². The zero-order valence-corrected chi connectivity index (χ0v) is 12.7. The van der Waals surface area contributed by atoms with Crippen molar-refractivity contribution in [3.63, 3.8) is 0 Å². The number of aliphatic hydroxyl groups is 1. The van der Waals surface area contributed by atoms with Gasteiger partial charge in [0.25, 0.3) is 5.91 Å². The smallest absolute Gasteiger partial charge is 0.338 e. The molecule has 0 aliphatic heterocycles. The molecule has 1 aromatic carbocycles. The van der Waals surface area contributed by atoms with Gasteiger partial charge in [0.05, 0.1) is 12.2 Å². The number of hydrogen-bond acceptors (Lipinski definition) is 5. The standard InChI is InChI=1S/C16H20N2O5/c19-9-11-5-7-12(8-6-11)15(21)23-10-14(20)18-16(22)17-13-3-1-2-4-13/h5-8,13,19H,1-4,9-10H2,(H2,17,18,20,22). The minimum Gasteiger partial charge on any atom is -0.452 e. The molecule has 0 aromatic heterocycles. The van der Waals surface area contributed by atoms with Crippen molar-refractivity contribution in [3.05, 3.63) is 35.4 Å². The summed E-state index contributed by atoms with van der Waals surface area (Å²) in [6.45, 7) is -0.646. The first-order valence-electron chi connectivity index (χ1n) is 7.56. The van der Waals surface area contributed by atoms with E-state index in [1.807, 2.05) is 0 Å². The Morgan fingerprint density at radius 1 is 1.13 bits per heavy atom. The topological polar surface area (TPSA) is 105 Å². The summed E-state index contributed by atoms with van der Waals surface area (Å²) in [4.78, 5) is 34.9. The molecular weight excluding hydrogens is 300 g/mol. The zero-order valence-electron chi connectivity index (χ0n) is 12.7. The molecule has 1 fully saturated rings. The molecule has 3 N–H and O–H groups in total. The van der Waals surface area contributed by atoms with Gasteiger partial charge in [0.15, 0.2) is 6.61 Å². The van der Waals surface area contributed by atoms with Gasteiger partial charge in [-0.2, -0.15) is 0 Å². The van der Waals surface area contributed by atoms with Crippen LogP contribution in [0, 0.1) is 0 Å². The van der Waals surface area contributed by atoms with Crippen molar-refractivity contribution in [2.45, 2.75) is 38.3 Å². The largest absolute Gasteiger partial charge is 0.452 e. The highest BCUT2D eigenvalue weighted by Gasteiger charge is 2.18. The number of carbonyl (C=O) groups is 3. The van der Waals surface area contributed by atoms with Crippen LogP contribution in [-0.2, 0) is 16.1 Å². The van der Waals surface area contributed by atoms with Crippen LogP contribution in [-0.4, -0.2) is 35.7 Å². The lowest BCUT2D eigenvalue weighted by molar-refractivity contribution is -0.123. The second-order valence-corrected chi connectivity index (χ2v) is 5.43. The van der Waals surface area contributed by atoms with Gasteiger partial charge in [-0.25, -0.2) is 9.59 Å². The summed E-state index contributed by atoms with van der Waals surface area (Å²) in [5.41, 5.74) is 0.938. The molecule has 1 aliphatic carbocycles.